The van der Waals surface area contributed by atoms with Crippen LogP contribution in [0.25, 0.3) is 11.4 Å². The summed E-state index contributed by atoms with van der Waals surface area (Å²) in [4.78, 5) is 16.2. The van der Waals surface area contributed by atoms with E-state index in [0.717, 1.165) is 10.0 Å². The van der Waals surface area contributed by atoms with Gasteiger partial charge in [-0.15, -0.1) is 0 Å². The fourth-order valence-corrected chi connectivity index (χ4v) is 2.64. The fraction of sp³-hybridized carbons (Fsp3) is 0.133. The number of hydrogen-bond donors (Lipinski definition) is 0. The molecule has 6 nitrogen and oxygen atoms in total. The van der Waals surface area contributed by atoms with E-state index in [0.29, 0.717) is 16.5 Å². The summed E-state index contributed by atoms with van der Waals surface area (Å²) in [5.74, 6) is 0.134. The minimum Gasteiger partial charge on any atom is -0.451 e. The van der Waals surface area contributed by atoms with Gasteiger partial charge in [0.05, 0.1) is 5.02 Å². The quantitative estimate of drug-likeness (QED) is 0.627. The number of ether oxygens (including phenoxy) is 1. The highest BCUT2D eigenvalue weighted by molar-refractivity contribution is 9.10. The van der Waals surface area contributed by atoms with Gasteiger partial charge in [-0.25, -0.2) is 4.79 Å². The van der Waals surface area contributed by atoms with E-state index >= 15 is 0 Å². The number of esters is 1. The first kappa shape index (κ1) is 15.8. The van der Waals surface area contributed by atoms with Crippen LogP contribution in [0.4, 0.5) is 0 Å². The lowest BCUT2D eigenvalue weighted by Crippen LogP contribution is -2.09. The van der Waals surface area contributed by atoms with Crippen molar-refractivity contribution in [3.05, 3.63) is 57.6 Å². The molecule has 0 fully saturated rings. The summed E-state index contributed by atoms with van der Waals surface area (Å²) in [5, 5.41) is 4.34. The topological polar surface area (TPSA) is 70.2 Å². The molecular weight excluding hydrogens is 386 g/mol. The summed E-state index contributed by atoms with van der Waals surface area (Å²) in [6.45, 7) is -0.108. The van der Waals surface area contributed by atoms with E-state index in [2.05, 4.69) is 26.1 Å². The predicted octanol–water partition coefficient (Wildman–Crippen LogP) is 3.85. The molecule has 0 spiro atoms. The van der Waals surface area contributed by atoms with Crippen LogP contribution in [-0.4, -0.2) is 20.7 Å². The third-order valence-electron chi connectivity index (χ3n) is 3.06. The second kappa shape index (κ2) is 6.55. The number of aryl methyl sites for hydroxylation is 1. The maximum atomic E-state index is 12.0. The molecule has 0 aliphatic rings. The summed E-state index contributed by atoms with van der Waals surface area (Å²) in [7, 11) is 1.71. The maximum Gasteiger partial charge on any atom is 0.355 e. The van der Waals surface area contributed by atoms with Gasteiger partial charge in [0.1, 0.15) is 5.69 Å². The summed E-state index contributed by atoms with van der Waals surface area (Å²) in [6.07, 6.45) is 1.62. The zero-order chi connectivity index (χ0) is 16.4. The van der Waals surface area contributed by atoms with Gasteiger partial charge in [-0.1, -0.05) is 44.8 Å². The molecule has 8 heteroatoms. The Kier molecular flexibility index (Phi) is 4.49. The Balaban J connectivity index is 1.68. The predicted molar refractivity (Wildman–Crippen MR) is 87.0 cm³/mol. The lowest BCUT2D eigenvalue weighted by atomic mass is 10.2. The molecule has 0 N–H and O–H groups in total. The van der Waals surface area contributed by atoms with E-state index in [4.69, 9.17) is 20.9 Å². The van der Waals surface area contributed by atoms with Gasteiger partial charge in [-0.05, 0) is 18.2 Å². The molecule has 0 unspecified atom stereocenters. The molecule has 23 heavy (non-hydrogen) atoms. The summed E-state index contributed by atoms with van der Waals surface area (Å²) >= 11 is 9.22. The van der Waals surface area contributed by atoms with Crippen LogP contribution in [0.5, 0.6) is 0 Å². The molecule has 0 amide bonds. The van der Waals surface area contributed by atoms with E-state index in [1.165, 1.54) is 6.07 Å². The minimum absolute atomic E-state index is 0.108. The number of benzene rings is 1. The molecule has 0 atom stereocenters. The molecule has 0 radical (unpaired) electrons. The van der Waals surface area contributed by atoms with Crippen LogP contribution in [0.3, 0.4) is 0 Å². The van der Waals surface area contributed by atoms with Gasteiger partial charge in [0.2, 0.25) is 5.82 Å². The normalized spacial score (nSPS) is 10.7. The van der Waals surface area contributed by atoms with Gasteiger partial charge in [-0.2, -0.15) is 4.98 Å². The molecule has 2 heterocycles. The standard InChI is InChI=1S/C15H11BrClN3O3/c1-20-7-11(17)6-12(20)15(21)22-8-13-18-14(19-23-13)9-3-2-4-10(16)5-9/h2-7H,8H2,1H3. The zero-order valence-electron chi connectivity index (χ0n) is 12.0. The lowest BCUT2D eigenvalue weighted by Gasteiger charge is -2.02. The molecular formula is C15H11BrClN3O3. The zero-order valence-corrected chi connectivity index (χ0v) is 14.3. The number of rotatable bonds is 4. The number of carbonyl (C=O) groups is 1. The van der Waals surface area contributed by atoms with Gasteiger partial charge < -0.3 is 13.8 Å². The Labute approximate surface area is 145 Å². The van der Waals surface area contributed by atoms with E-state index in [1.807, 2.05) is 24.3 Å². The van der Waals surface area contributed by atoms with Crippen molar-refractivity contribution in [2.24, 2.45) is 7.05 Å². The first-order chi connectivity index (χ1) is 11.0. The minimum atomic E-state index is -0.512. The molecule has 1 aromatic carbocycles. The molecule has 118 valence electrons. The van der Waals surface area contributed by atoms with Crippen molar-refractivity contribution in [1.29, 1.82) is 0 Å². The highest BCUT2D eigenvalue weighted by Crippen LogP contribution is 2.20. The first-order valence-corrected chi connectivity index (χ1v) is 7.77. The monoisotopic (exact) mass is 395 g/mol. The SMILES string of the molecule is Cn1cc(Cl)cc1C(=O)OCc1nc(-c2cccc(Br)c2)no1. The lowest BCUT2D eigenvalue weighted by molar-refractivity contribution is 0.0418. The van der Waals surface area contributed by atoms with Gasteiger partial charge in [-0.3, -0.25) is 0 Å². The van der Waals surface area contributed by atoms with Gasteiger partial charge in [0, 0.05) is 23.3 Å². The highest BCUT2D eigenvalue weighted by atomic mass is 79.9. The van der Waals surface area contributed by atoms with Crippen LogP contribution in [0, 0.1) is 0 Å². The van der Waals surface area contributed by atoms with Crippen LogP contribution >= 0.6 is 27.5 Å². The van der Waals surface area contributed by atoms with Crippen molar-refractivity contribution in [3.63, 3.8) is 0 Å². The number of nitrogens with zero attached hydrogens (tertiary/aromatic N) is 3. The Bertz CT molecular complexity index is 859. The van der Waals surface area contributed by atoms with Crippen molar-refractivity contribution in [2.75, 3.05) is 0 Å². The Morgan fingerprint density at radius 3 is 2.96 bits per heavy atom. The smallest absolute Gasteiger partial charge is 0.355 e. The Morgan fingerprint density at radius 2 is 2.26 bits per heavy atom. The van der Waals surface area contributed by atoms with Gasteiger partial charge in [0.25, 0.3) is 5.89 Å². The first-order valence-electron chi connectivity index (χ1n) is 6.60. The van der Waals surface area contributed by atoms with Crippen LogP contribution in [0.2, 0.25) is 5.02 Å². The van der Waals surface area contributed by atoms with Crippen molar-refractivity contribution in [2.45, 2.75) is 6.61 Å². The highest BCUT2D eigenvalue weighted by Gasteiger charge is 2.15. The summed E-state index contributed by atoms with van der Waals surface area (Å²) < 4.78 is 12.8. The van der Waals surface area contributed by atoms with Crippen LogP contribution in [0.1, 0.15) is 16.4 Å². The largest absolute Gasteiger partial charge is 0.451 e. The summed E-state index contributed by atoms with van der Waals surface area (Å²) in [6, 6.07) is 9.03. The fourth-order valence-electron chi connectivity index (χ4n) is 1.99. The number of carbonyl (C=O) groups excluding carboxylic acids is 1. The number of halogens is 2. The third kappa shape index (κ3) is 3.62. The average molecular weight is 397 g/mol. The maximum absolute atomic E-state index is 12.0. The van der Waals surface area contributed by atoms with E-state index < -0.39 is 5.97 Å². The van der Waals surface area contributed by atoms with Crippen molar-refractivity contribution < 1.29 is 14.1 Å². The van der Waals surface area contributed by atoms with Crippen LogP contribution in [-0.2, 0) is 18.4 Å². The molecule has 0 aliphatic heterocycles. The molecule has 0 bridgehead atoms. The molecule has 0 saturated heterocycles. The van der Waals surface area contributed by atoms with Gasteiger partial charge >= 0.3 is 5.97 Å². The summed E-state index contributed by atoms with van der Waals surface area (Å²) in [5.41, 5.74) is 1.15. The van der Waals surface area contributed by atoms with Crippen molar-refractivity contribution >= 4 is 33.5 Å². The molecule has 2 aromatic heterocycles. The van der Waals surface area contributed by atoms with E-state index in [-0.39, 0.29) is 12.5 Å². The van der Waals surface area contributed by atoms with E-state index in [9.17, 15) is 4.79 Å². The third-order valence-corrected chi connectivity index (χ3v) is 3.76. The average Bonchev–Trinajstić information content (AvgIpc) is 3.11. The van der Waals surface area contributed by atoms with Crippen molar-refractivity contribution in [1.82, 2.24) is 14.7 Å². The molecule has 0 aliphatic carbocycles. The molecule has 0 saturated carbocycles. The Hall–Kier alpha value is -2.12. The van der Waals surface area contributed by atoms with Gasteiger partial charge in [0.15, 0.2) is 6.61 Å². The molecule has 3 aromatic rings. The van der Waals surface area contributed by atoms with E-state index in [1.54, 1.807) is 17.8 Å². The second-order valence-corrected chi connectivity index (χ2v) is 6.10. The molecule has 3 rings (SSSR count). The van der Waals surface area contributed by atoms with Crippen molar-refractivity contribution in [3.8, 4) is 11.4 Å². The number of hydrogen-bond acceptors (Lipinski definition) is 5. The van der Waals surface area contributed by atoms with Crippen LogP contribution < -0.4 is 0 Å². The second-order valence-electron chi connectivity index (χ2n) is 4.75. The number of aromatic nitrogens is 3. The Morgan fingerprint density at radius 1 is 1.43 bits per heavy atom. The van der Waals surface area contributed by atoms with Crippen LogP contribution in [0.15, 0.2) is 45.5 Å².